The fourth-order valence-corrected chi connectivity index (χ4v) is 2.58. The van der Waals surface area contributed by atoms with Gasteiger partial charge < -0.3 is 14.2 Å². The minimum Gasteiger partial charge on any atom is -0.493 e. The molecule has 1 atom stereocenters. The average Bonchev–Trinajstić information content (AvgIpc) is 2.42. The van der Waals surface area contributed by atoms with Gasteiger partial charge in [-0.3, -0.25) is 0 Å². The van der Waals surface area contributed by atoms with Gasteiger partial charge in [0.05, 0.1) is 18.5 Å². The molecule has 1 unspecified atom stereocenters. The number of hydrogen-bond donors (Lipinski definition) is 0. The van der Waals surface area contributed by atoms with Gasteiger partial charge in [-0.1, -0.05) is 12.6 Å². The molecule has 0 aliphatic carbocycles. The second kappa shape index (κ2) is 6.52. The SMILES string of the molecule is C=C(CCc1ccc2c(c1)C(OC)CCO2)OC(C)(C)C. The van der Waals surface area contributed by atoms with Gasteiger partial charge in [-0.15, -0.1) is 0 Å². The Bertz CT molecular complexity index is 500. The topological polar surface area (TPSA) is 27.7 Å². The van der Waals surface area contributed by atoms with E-state index in [4.69, 9.17) is 14.2 Å². The van der Waals surface area contributed by atoms with Gasteiger partial charge in [0.15, 0.2) is 0 Å². The minimum absolute atomic E-state index is 0.141. The van der Waals surface area contributed by atoms with E-state index in [1.807, 2.05) is 26.8 Å². The first-order valence-corrected chi connectivity index (χ1v) is 7.54. The number of methoxy groups -OCH3 is 1. The van der Waals surface area contributed by atoms with Crippen LogP contribution in [0.1, 0.15) is 50.8 Å². The standard InChI is InChI=1S/C18H26O3/c1-13(21-18(2,3)4)6-7-14-8-9-17-15(12-14)16(19-5)10-11-20-17/h8-9,12,16H,1,6-7,10-11H2,2-5H3. The lowest BCUT2D eigenvalue weighted by atomic mass is 9.98. The van der Waals surface area contributed by atoms with Crippen LogP contribution in [0.3, 0.4) is 0 Å². The summed E-state index contributed by atoms with van der Waals surface area (Å²) >= 11 is 0. The Morgan fingerprint density at radius 3 is 2.81 bits per heavy atom. The first kappa shape index (κ1) is 15.9. The maximum Gasteiger partial charge on any atom is 0.125 e. The van der Waals surface area contributed by atoms with Gasteiger partial charge in [-0.05, 0) is 44.9 Å². The number of fused-ring (bicyclic) bond motifs is 1. The molecule has 2 rings (SSSR count). The van der Waals surface area contributed by atoms with Crippen molar-refractivity contribution in [1.29, 1.82) is 0 Å². The number of rotatable bonds is 5. The van der Waals surface area contributed by atoms with Crippen molar-refractivity contribution in [3.8, 4) is 5.75 Å². The molecule has 0 bridgehead atoms. The molecule has 1 aliphatic heterocycles. The molecular formula is C18H26O3. The number of aryl methyl sites for hydroxylation is 1. The first-order chi connectivity index (χ1) is 9.89. The van der Waals surface area contributed by atoms with Crippen molar-refractivity contribution in [1.82, 2.24) is 0 Å². The first-order valence-electron chi connectivity index (χ1n) is 7.54. The lowest BCUT2D eigenvalue weighted by Crippen LogP contribution is -2.18. The Labute approximate surface area is 127 Å². The highest BCUT2D eigenvalue weighted by atomic mass is 16.5. The highest BCUT2D eigenvalue weighted by Gasteiger charge is 2.21. The van der Waals surface area contributed by atoms with E-state index in [1.54, 1.807) is 7.11 Å². The fraction of sp³-hybridized carbons (Fsp3) is 0.556. The molecule has 3 heteroatoms. The maximum atomic E-state index is 5.77. The molecule has 0 N–H and O–H groups in total. The maximum absolute atomic E-state index is 5.77. The van der Waals surface area contributed by atoms with Crippen LogP contribution in [-0.2, 0) is 15.9 Å². The zero-order valence-corrected chi connectivity index (χ0v) is 13.6. The molecule has 116 valence electrons. The second-order valence-electron chi connectivity index (χ2n) is 6.49. The van der Waals surface area contributed by atoms with Crippen molar-refractivity contribution in [2.24, 2.45) is 0 Å². The van der Waals surface area contributed by atoms with Crippen LogP contribution in [0.25, 0.3) is 0 Å². The van der Waals surface area contributed by atoms with Crippen molar-refractivity contribution < 1.29 is 14.2 Å². The normalized spacial score (nSPS) is 17.8. The summed E-state index contributed by atoms with van der Waals surface area (Å²) in [6.45, 7) is 10.8. The summed E-state index contributed by atoms with van der Waals surface area (Å²) in [5.74, 6) is 1.78. The van der Waals surface area contributed by atoms with Crippen LogP contribution < -0.4 is 4.74 Å². The van der Waals surface area contributed by atoms with Crippen LogP contribution in [0.4, 0.5) is 0 Å². The molecule has 0 radical (unpaired) electrons. The molecule has 1 aromatic carbocycles. The van der Waals surface area contributed by atoms with Crippen LogP contribution in [0.5, 0.6) is 5.75 Å². The zero-order chi connectivity index (χ0) is 15.5. The van der Waals surface area contributed by atoms with E-state index in [0.29, 0.717) is 0 Å². The quantitative estimate of drug-likeness (QED) is 0.751. The van der Waals surface area contributed by atoms with E-state index in [-0.39, 0.29) is 11.7 Å². The Hall–Kier alpha value is -1.48. The third kappa shape index (κ3) is 4.50. The van der Waals surface area contributed by atoms with E-state index < -0.39 is 0 Å². The molecule has 3 nitrogen and oxygen atoms in total. The second-order valence-corrected chi connectivity index (χ2v) is 6.49. The van der Waals surface area contributed by atoms with Crippen LogP contribution in [0.2, 0.25) is 0 Å². The fourth-order valence-electron chi connectivity index (χ4n) is 2.58. The van der Waals surface area contributed by atoms with E-state index >= 15 is 0 Å². The molecule has 1 heterocycles. The summed E-state index contributed by atoms with van der Waals surface area (Å²) < 4.78 is 17.0. The van der Waals surface area contributed by atoms with Crippen molar-refractivity contribution in [2.75, 3.05) is 13.7 Å². The third-order valence-corrected chi connectivity index (χ3v) is 3.49. The van der Waals surface area contributed by atoms with Gasteiger partial charge in [-0.25, -0.2) is 0 Å². The van der Waals surface area contributed by atoms with Crippen molar-refractivity contribution in [3.05, 3.63) is 41.7 Å². The van der Waals surface area contributed by atoms with E-state index in [2.05, 4.69) is 18.7 Å². The van der Waals surface area contributed by atoms with Crippen LogP contribution in [0.15, 0.2) is 30.5 Å². The number of ether oxygens (including phenoxy) is 3. The van der Waals surface area contributed by atoms with E-state index in [9.17, 15) is 0 Å². The number of benzene rings is 1. The Morgan fingerprint density at radius 1 is 1.38 bits per heavy atom. The predicted octanol–water partition coefficient (Wildman–Crippen LogP) is 4.42. The molecule has 1 aliphatic rings. The average molecular weight is 290 g/mol. The van der Waals surface area contributed by atoms with E-state index in [1.165, 1.54) is 5.56 Å². The highest BCUT2D eigenvalue weighted by molar-refractivity contribution is 5.40. The number of allylic oxidation sites excluding steroid dienone is 1. The van der Waals surface area contributed by atoms with Gasteiger partial charge in [0.1, 0.15) is 11.4 Å². The molecule has 0 amide bonds. The van der Waals surface area contributed by atoms with Crippen molar-refractivity contribution in [2.45, 2.75) is 51.7 Å². The molecule has 1 aromatic rings. The van der Waals surface area contributed by atoms with Gasteiger partial charge in [-0.2, -0.15) is 0 Å². The summed E-state index contributed by atoms with van der Waals surface area (Å²) in [4.78, 5) is 0. The zero-order valence-electron chi connectivity index (χ0n) is 13.6. The molecule has 0 aromatic heterocycles. The van der Waals surface area contributed by atoms with Gasteiger partial charge in [0.2, 0.25) is 0 Å². The Morgan fingerprint density at radius 2 is 2.14 bits per heavy atom. The third-order valence-electron chi connectivity index (χ3n) is 3.49. The summed E-state index contributed by atoms with van der Waals surface area (Å²) in [5.41, 5.74) is 2.24. The van der Waals surface area contributed by atoms with Crippen LogP contribution in [-0.4, -0.2) is 19.3 Å². The van der Waals surface area contributed by atoms with Crippen molar-refractivity contribution in [3.63, 3.8) is 0 Å². The molecule has 21 heavy (non-hydrogen) atoms. The highest BCUT2D eigenvalue weighted by Crippen LogP contribution is 2.35. The molecule has 0 spiro atoms. The molecular weight excluding hydrogens is 264 g/mol. The van der Waals surface area contributed by atoms with Crippen LogP contribution in [0, 0.1) is 0 Å². The monoisotopic (exact) mass is 290 g/mol. The molecule has 0 saturated heterocycles. The number of hydrogen-bond acceptors (Lipinski definition) is 3. The molecule has 0 fully saturated rings. The lowest BCUT2D eigenvalue weighted by molar-refractivity contribution is 0.0479. The summed E-state index contributed by atoms with van der Waals surface area (Å²) in [6, 6.07) is 6.34. The predicted molar refractivity (Wildman–Crippen MR) is 84.6 cm³/mol. The summed E-state index contributed by atoms with van der Waals surface area (Å²) in [5, 5.41) is 0. The van der Waals surface area contributed by atoms with Gasteiger partial charge >= 0.3 is 0 Å². The van der Waals surface area contributed by atoms with Gasteiger partial charge in [0, 0.05) is 25.5 Å². The smallest absolute Gasteiger partial charge is 0.125 e. The summed E-state index contributed by atoms with van der Waals surface area (Å²) in [6.07, 6.45) is 2.79. The minimum atomic E-state index is -0.179. The van der Waals surface area contributed by atoms with Gasteiger partial charge in [0.25, 0.3) is 0 Å². The largest absolute Gasteiger partial charge is 0.493 e. The van der Waals surface area contributed by atoms with E-state index in [0.717, 1.165) is 42.9 Å². The molecule has 0 saturated carbocycles. The Balaban J connectivity index is 2.00. The summed E-state index contributed by atoms with van der Waals surface area (Å²) in [7, 11) is 1.76. The van der Waals surface area contributed by atoms with Crippen molar-refractivity contribution >= 4 is 0 Å². The lowest BCUT2D eigenvalue weighted by Gasteiger charge is -2.25. The van der Waals surface area contributed by atoms with Crippen LogP contribution >= 0.6 is 0 Å². The Kier molecular flexibility index (Phi) is 4.94.